The summed E-state index contributed by atoms with van der Waals surface area (Å²) in [6.45, 7) is 115. The number of piperidine rings is 1. The van der Waals surface area contributed by atoms with Gasteiger partial charge < -0.3 is 36.4 Å². The molecular weight excluding hydrogens is 1700 g/mol. The van der Waals surface area contributed by atoms with E-state index in [0.29, 0.717) is 127 Å². The van der Waals surface area contributed by atoms with E-state index in [2.05, 4.69) is 376 Å². The highest BCUT2D eigenvalue weighted by Crippen LogP contribution is 2.26. The monoisotopic (exact) mass is 1920 g/mol. The van der Waals surface area contributed by atoms with Gasteiger partial charge in [0.1, 0.15) is 0 Å². The maximum Gasteiger partial charge on any atom is 0.234 e. The molecule has 8 unspecified atom stereocenters. The van der Waals surface area contributed by atoms with Crippen LogP contribution in [0.15, 0.2) is 24.3 Å². The SMILES string of the molecule is CC(=O)N1CCN(C(C)C)CC1.CC(C)N1C(C)CCCC1C.CC(C)N1C(C)CNCC1C.CC(C)N1CCN(C(C)C)CC1.CC(C)N1CCN(C)CC1.CC(C)N1CCNC(=O)C1.CC(C)N1CCNCC1(C)C.CC(C)N1CCS(=O)(=O)CC1.CC(C)N1CCS(=O)CC1.CC(C)N1CCc2ccccc2C1.CC1CN(C(C)C)C(C)CN1.CC1CN(C(C)C)CC(C)N1. The van der Waals surface area contributed by atoms with E-state index in [9.17, 15) is 22.2 Å². The first-order chi connectivity index (χ1) is 62.1. The number of fused-ring (bicyclic) bond motifs is 1. The smallest absolute Gasteiger partial charge is 0.234 e. The molecule has 25 nitrogen and oxygen atoms in total. The summed E-state index contributed by atoms with van der Waals surface area (Å²) in [5, 5.41) is 16.6. The van der Waals surface area contributed by atoms with Gasteiger partial charge in [-0.2, -0.15) is 0 Å². The lowest BCUT2D eigenvalue weighted by molar-refractivity contribution is -0.130. The molecule has 12 aliphatic heterocycles. The molecule has 11 saturated heterocycles. The zero-order chi connectivity index (χ0) is 101. The van der Waals surface area contributed by atoms with Crippen LogP contribution < -0.4 is 26.6 Å². The molecule has 0 radical (unpaired) electrons. The second-order valence-corrected chi connectivity index (χ2v) is 48.9. The van der Waals surface area contributed by atoms with Crippen LogP contribution in [-0.2, 0) is 43.2 Å². The fraction of sp³-hybridized carbons (Fsp3) is 0.925. The molecule has 12 heterocycles. The number of amides is 2. The Morgan fingerprint density at radius 2 is 0.805 bits per heavy atom. The average molecular weight is 1920 g/mol. The van der Waals surface area contributed by atoms with Gasteiger partial charge in [-0.1, -0.05) is 30.7 Å². The third-order valence-electron chi connectivity index (χ3n) is 28.9. The highest BCUT2D eigenvalue weighted by Gasteiger charge is 2.34. The topological polar surface area (TPSA) is 194 Å². The van der Waals surface area contributed by atoms with Gasteiger partial charge in [0.15, 0.2) is 9.84 Å². The van der Waals surface area contributed by atoms with Gasteiger partial charge in [-0.25, -0.2) is 8.42 Å². The lowest BCUT2D eigenvalue weighted by atomic mass is 9.96. The van der Waals surface area contributed by atoms with Crippen LogP contribution in [0.3, 0.4) is 0 Å². The Morgan fingerprint density at radius 3 is 1.17 bits per heavy atom. The van der Waals surface area contributed by atoms with Crippen molar-refractivity contribution >= 4 is 32.5 Å². The van der Waals surface area contributed by atoms with E-state index in [1.54, 1.807) is 12.5 Å². The van der Waals surface area contributed by atoms with Crippen molar-refractivity contribution in [1.82, 2.24) is 100 Å². The third-order valence-corrected chi connectivity index (χ3v) is 31.8. The third kappa shape index (κ3) is 51.4. The summed E-state index contributed by atoms with van der Waals surface area (Å²) in [5.41, 5.74) is 3.40. The summed E-state index contributed by atoms with van der Waals surface area (Å²) in [6, 6.07) is 23.0. The first-order valence-electron chi connectivity index (χ1n) is 53.6. The van der Waals surface area contributed by atoms with Crippen LogP contribution in [0.25, 0.3) is 0 Å². The number of likely N-dealkylation sites (N-methyl/N-ethyl adjacent to an activating group) is 1. The van der Waals surface area contributed by atoms with E-state index in [0.717, 1.165) is 139 Å². The van der Waals surface area contributed by atoms with Gasteiger partial charge >= 0.3 is 0 Å². The highest BCUT2D eigenvalue weighted by atomic mass is 32.2. The minimum atomic E-state index is -2.69. The summed E-state index contributed by atoms with van der Waals surface area (Å²) in [4.78, 5) is 58.3. The van der Waals surface area contributed by atoms with E-state index in [4.69, 9.17) is 0 Å². The molecule has 5 N–H and O–H groups in total. The van der Waals surface area contributed by atoms with E-state index >= 15 is 0 Å². The second-order valence-electron chi connectivity index (χ2n) is 44.9. The molecule has 0 saturated carbocycles. The minimum absolute atomic E-state index is 0.153. The average Bonchev–Trinajstić information content (AvgIpc) is 0.829. The first-order valence-corrected chi connectivity index (χ1v) is 56.9. The van der Waals surface area contributed by atoms with Crippen LogP contribution in [-0.4, -0.2) is 450 Å². The molecule has 0 aliphatic carbocycles. The number of piperazine rings is 8. The van der Waals surface area contributed by atoms with E-state index < -0.39 is 20.6 Å². The van der Waals surface area contributed by atoms with Crippen molar-refractivity contribution in [3.8, 4) is 0 Å². The fourth-order valence-corrected chi connectivity index (χ4v) is 22.6. The molecule has 13 rings (SSSR count). The molecule has 11 fully saturated rings. The van der Waals surface area contributed by atoms with Crippen molar-refractivity contribution in [2.75, 3.05) is 220 Å². The van der Waals surface area contributed by atoms with Crippen LogP contribution in [0.4, 0.5) is 0 Å². The fourth-order valence-electron chi connectivity index (χ4n) is 20.3. The summed E-state index contributed by atoms with van der Waals surface area (Å²) in [6.07, 6.45) is 5.42. The van der Waals surface area contributed by atoms with Crippen molar-refractivity contribution in [2.45, 2.75) is 421 Å². The Morgan fingerprint density at radius 1 is 0.406 bits per heavy atom. The number of carbonyl (C=O) groups excluding carboxylic acids is 2. The van der Waals surface area contributed by atoms with Gasteiger partial charge in [-0.15, -0.1) is 0 Å². The summed E-state index contributed by atoms with van der Waals surface area (Å²) in [5.74, 6) is 2.78. The number of carbonyl (C=O) groups is 2. The Hall–Kier alpha value is -2.46. The standard InChI is InChI=1S/C12H17N.C10H22N2.C10H21N.C9H18N2O.4C9H20N2.C8H18N2.C7H14N2O.C7H15NO2S.C7H15NOS/c1-10(2)13-8-7-11-5-3-4-6-12(11)9-13;1-9(2)11-5-7-12(8-6-11)10(3)4;1-8(2)11-9(3)6-5-7-10(11)4;1-8(2)10-4-6-11(7-5-10)9(3)12;1-7(2)11-6-8(3)10-5-9(11)4;1-7(2)11-5-8(3)10-9(4)6-11;1-7(2)11-8(3)5-10-6-9(11)4;1-8(2)11-6-5-10-7-9(11,3)4;1-8(2)10-6-4-9(3)5-7-10;1-6(2)9-4-3-8-7(10)5-9;1-7(2)8-3-5-11(9,10)6-4-8;1-7(2)8-3-5-10(9)6-4-8/h3-6,10H,7-9H2,1-2H3;9-10H,5-8H2,1-4H3;8-10H,5-7H2,1-4H3;8H,4-7H2,1-3H3;3*7-10H,5-6H2,1-4H3;8,10H,5-7H2,1-4H3;8H,4-7H2,1-3H3;6H,3-5H2,1-2H3,(H,8,10);7H,3-6H2,1-2H3;7H,3-6H2,1-2H3. The number of nitrogens with one attached hydrogen (secondary N) is 5. The maximum absolute atomic E-state index is 11.0. The zero-order valence-corrected chi connectivity index (χ0v) is 95.5. The van der Waals surface area contributed by atoms with Crippen molar-refractivity contribution in [2.24, 2.45) is 0 Å². The molecule has 2 amide bonds. The summed E-state index contributed by atoms with van der Waals surface area (Å²) < 4.78 is 32.9. The van der Waals surface area contributed by atoms with Gasteiger partial charge in [-0.3, -0.25) is 77.5 Å². The molecular formula is C106H220N20O5S2. The number of nitrogens with zero attached hydrogens (tertiary/aromatic N) is 15. The number of sulfone groups is 1. The lowest BCUT2D eigenvalue weighted by Gasteiger charge is -2.45. The first kappa shape index (κ1) is 127. The number of rotatable bonds is 13. The van der Waals surface area contributed by atoms with Gasteiger partial charge in [0.2, 0.25) is 11.8 Å². The summed E-state index contributed by atoms with van der Waals surface area (Å²) in [7, 11) is -1.02. The lowest BCUT2D eigenvalue weighted by Crippen LogP contribution is -2.59. The van der Waals surface area contributed by atoms with Gasteiger partial charge in [0, 0.05) is 351 Å². The minimum Gasteiger partial charge on any atom is -0.354 e. The predicted molar refractivity (Wildman–Crippen MR) is 577 cm³/mol. The Labute approximate surface area is 825 Å². The molecule has 0 aromatic heterocycles. The van der Waals surface area contributed by atoms with Crippen molar-refractivity contribution in [3.05, 3.63) is 35.4 Å². The molecule has 12 aliphatic rings. The number of hydrogen-bond acceptors (Lipinski definition) is 23. The predicted octanol–water partition coefficient (Wildman–Crippen LogP) is 12.5. The van der Waals surface area contributed by atoms with Gasteiger partial charge in [0.05, 0.1) is 18.1 Å². The molecule has 1 aromatic rings. The molecule has 8 atom stereocenters. The van der Waals surface area contributed by atoms with E-state index in [-0.39, 0.29) is 11.8 Å². The normalized spacial score (nSPS) is 26.5. The molecule has 786 valence electrons. The molecule has 0 spiro atoms. The molecule has 133 heavy (non-hydrogen) atoms. The summed E-state index contributed by atoms with van der Waals surface area (Å²) >= 11 is 0. The van der Waals surface area contributed by atoms with Crippen LogP contribution in [0, 0.1) is 0 Å². The molecule has 0 bridgehead atoms. The number of benzene rings is 1. The Bertz CT molecular complexity index is 3180. The van der Waals surface area contributed by atoms with Crippen LogP contribution in [0.2, 0.25) is 0 Å². The Balaban J connectivity index is 0.000000491. The molecule has 1 aromatic carbocycles. The number of hydrogen-bond donors (Lipinski definition) is 5. The van der Waals surface area contributed by atoms with Crippen LogP contribution in [0.5, 0.6) is 0 Å². The van der Waals surface area contributed by atoms with Crippen molar-refractivity contribution in [3.63, 3.8) is 0 Å². The quantitative estimate of drug-likeness (QED) is 0.125. The van der Waals surface area contributed by atoms with Gasteiger partial charge in [-0.05, 0) is 287 Å². The van der Waals surface area contributed by atoms with Gasteiger partial charge in [0.25, 0.3) is 0 Å². The van der Waals surface area contributed by atoms with E-state index in [1.807, 2.05) is 4.90 Å². The van der Waals surface area contributed by atoms with Crippen LogP contribution >= 0.6 is 0 Å². The Kier molecular flexibility index (Phi) is 63.2. The molecule has 27 heteroatoms. The van der Waals surface area contributed by atoms with Crippen molar-refractivity contribution < 1.29 is 22.2 Å². The van der Waals surface area contributed by atoms with E-state index in [1.165, 1.54) is 116 Å². The van der Waals surface area contributed by atoms with Crippen molar-refractivity contribution in [1.29, 1.82) is 0 Å². The largest absolute Gasteiger partial charge is 0.354 e. The second kappa shape index (κ2) is 66.4. The maximum atomic E-state index is 11.0. The highest BCUT2D eigenvalue weighted by molar-refractivity contribution is 7.91. The zero-order valence-electron chi connectivity index (χ0n) is 93.9. The number of likely N-dealkylation sites (tertiary alicyclic amines) is 1. The van der Waals surface area contributed by atoms with Crippen LogP contribution in [0.1, 0.15) is 287 Å².